The molecule has 0 unspecified atom stereocenters. The smallest absolute Gasteiger partial charge is 0.195 e. The molecule has 96 valence electrons. The standard InChI is InChI=1S/C12H21N3S2/c1-3-6-10-13-14-11(16)15(10)9-12(17-2)7-4-5-8-12/h3-9H2,1-2H3,(H,14,16). The first-order valence-corrected chi connectivity index (χ1v) is 8.03. The van der Waals surface area contributed by atoms with Crippen LogP contribution in [0.15, 0.2) is 0 Å². The van der Waals surface area contributed by atoms with Crippen LogP contribution in [0.3, 0.4) is 0 Å². The molecular formula is C12H21N3S2. The molecule has 0 bridgehead atoms. The molecule has 1 aromatic heterocycles. The van der Waals surface area contributed by atoms with Gasteiger partial charge in [-0.15, -0.1) is 0 Å². The van der Waals surface area contributed by atoms with E-state index in [1.165, 1.54) is 25.7 Å². The van der Waals surface area contributed by atoms with E-state index in [-0.39, 0.29) is 0 Å². The lowest BCUT2D eigenvalue weighted by molar-refractivity contribution is 0.487. The van der Waals surface area contributed by atoms with Gasteiger partial charge in [0.05, 0.1) is 0 Å². The van der Waals surface area contributed by atoms with Crippen molar-refractivity contribution in [1.82, 2.24) is 14.8 Å². The minimum absolute atomic E-state index is 0.393. The van der Waals surface area contributed by atoms with Crippen LogP contribution >= 0.6 is 24.0 Å². The van der Waals surface area contributed by atoms with Gasteiger partial charge in [0.25, 0.3) is 0 Å². The summed E-state index contributed by atoms with van der Waals surface area (Å²) in [5.41, 5.74) is 0. The minimum atomic E-state index is 0.393. The summed E-state index contributed by atoms with van der Waals surface area (Å²) in [7, 11) is 0. The van der Waals surface area contributed by atoms with Crippen molar-refractivity contribution in [3.8, 4) is 0 Å². The third-order valence-electron chi connectivity index (χ3n) is 3.70. The first-order valence-electron chi connectivity index (χ1n) is 6.40. The van der Waals surface area contributed by atoms with Gasteiger partial charge in [-0.2, -0.15) is 16.9 Å². The van der Waals surface area contributed by atoms with Crippen LogP contribution in [0.4, 0.5) is 0 Å². The summed E-state index contributed by atoms with van der Waals surface area (Å²) in [5.74, 6) is 1.12. The average Bonchev–Trinajstić information content (AvgIpc) is 2.92. The average molecular weight is 271 g/mol. The molecule has 1 N–H and O–H groups in total. The van der Waals surface area contributed by atoms with Crippen molar-refractivity contribution in [2.24, 2.45) is 0 Å². The van der Waals surface area contributed by atoms with E-state index >= 15 is 0 Å². The van der Waals surface area contributed by atoms with Crippen molar-refractivity contribution < 1.29 is 0 Å². The Balaban J connectivity index is 2.22. The quantitative estimate of drug-likeness (QED) is 0.831. The lowest BCUT2D eigenvalue weighted by Crippen LogP contribution is -2.28. The Morgan fingerprint density at radius 3 is 2.76 bits per heavy atom. The maximum absolute atomic E-state index is 5.35. The van der Waals surface area contributed by atoms with Crippen molar-refractivity contribution in [3.63, 3.8) is 0 Å². The predicted octanol–water partition coefficient (Wildman–Crippen LogP) is 3.57. The van der Waals surface area contributed by atoms with E-state index in [0.29, 0.717) is 4.75 Å². The number of H-pyrrole nitrogens is 1. The van der Waals surface area contributed by atoms with Gasteiger partial charge >= 0.3 is 0 Å². The SMILES string of the molecule is CCCc1n[nH]c(=S)n1CC1(SC)CCCC1. The number of rotatable bonds is 5. The Hall–Kier alpha value is -0.290. The van der Waals surface area contributed by atoms with Gasteiger partial charge in [-0.1, -0.05) is 19.8 Å². The zero-order valence-electron chi connectivity index (χ0n) is 10.7. The van der Waals surface area contributed by atoms with Crippen LogP contribution in [0, 0.1) is 4.77 Å². The number of aromatic amines is 1. The molecule has 0 saturated heterocycles. The van der Waals surface area contributed by atoms with E-state index in [0.717, 1.165) is 30.0 Å². The predicted molar refractivity (Wildman–Crippen MR) is 76.1 cm³/mol. The molecule has 3 nitrogen and oxygen atoms in total. The highest BCUT2D eigenvalue weighted by molar-refractivity contribution is 8.00. The molecule has 0 amide bonds. The zero-order chi connectivity index (χ0) is 12.3. The Labute approximate surface area is 112 Å². The van der Waals surface area contributed by atoms with Crippen LogP contribution in [-0.2, 0) is 13.0 Å². The molecule has 2 rings (SSSR count). The monoisotopic (exact) mass is 271 g/mol. The molecule has 1 aliphatic rings. The number of thioether (sulfide) groups is 1. The summed E-state index contributed by atoms with van der Waals surface area (Å²) in [4.78, 5) is 0. The summed E-state index contributed by atoms with van der Waals surface area (Å²) >= 11 is 7.36. The third kappa shape index (κ3) is 2.76. The van der Waals surface area contributed by atoms with Crippen LogP contribution in [0.1, 0.15) is 44.9 Å². The molecule has 1 fully saturated rings. The molecule has 0 aliphatic heterocycles. The molecular weight excluding hydrogens is 250 g/mol. The van der Waals surface area contributed by atoms with E-state index in [4.69, 9.17) is 12.2 Å². The largest absolute Gasteiger partial charge is 0.303 e. The third-order valence-corrected chi connectivity index (χ3v) is 5.42. The number of hydrogen-bond donors (Lipinski definition) is 1. The highest BCUT2D eigenvalue weighted by Gasteiger charge is 2.34. The van der Waals surface area contributed by atoms with Gasteiger partial charge in [0, 0.05) is 17.7 Å². The number of hydrogen-bond acceptors (Lipinski definition) is 3. The summed E-state index contributed by atoms with van der Waals surface area (Å²) in [5, 5.41) is 7.29. The number of aryl methyl sites for hydroxylation is 1. The minimum Gasteiger partial charge on any atom is -0.303 e. The van der Waals surface area contributed by atoms with E-state index in [9.17, 15) is 0 Å². The molecule has 1 heterocycles. The summed E-state index contributed by atoms with van der Waals surface area (Å²) < 4.78 is 3.40. The second kappa shape index (κ2) is 5.57. The van der Waals surface area contributed by atoms with Crippen LogP contribution in [0.25, 0.3) is 0 Å². The van der Waals surface area contributed by atoms with E-state index in [1.807, 2.05) is 11.8 Å². The van der Waals surface area contributed by atoms with Gasteiger partial charge in [-0.25, -0.2) is 0 Å². The second-order valence-corrected chi connectivity index (χ2v) is 6.54. The lowest BCUT2D eigenvalue weighted by Gasteiger charge is -2.27. The fourth-order valence-electron chi connectivity index (χ4n) is 2.66. The number of nitrogens with zero attached hydrogens (tertiary/aromatic N) is 2. The Morgan fingerprint density at radius 2 is 2.18 bits per heavy atom. The van der Waals surface area contributed by atoms with Gasteiger partial charge in [-0.3, -0.25) is 5.10 Å². The normalized spacial score (nSPS) is 18.7. The molecule has 0 atom stereocenters. The van der Waals surface area contributed by atoms with Crippen LogP contribution < -0.4 is 0 Å². The molecule has 17 heavy (non-hydrogen) atoms. The lowest BCUT2D eigenvalue weighted by atomic mass is 10.1. The fraction of sp³-hybridized carbons (Fsp3) is 0.833. The highest BCUT2D eigenvalue weighted by atomic mass is 32.2. The van der Waals surface area contributed by atoms with Crippen LogP contribution in [-0.4, -0.2) is 25.8 Å². The molecule has 0 radical (unpaired) electrons. The molecule has 1 saturated carbocycles. The molecule has 0 aromatic carbocycles. The van der Waals surface area contributed by atoms with Gasteiger partial charge in [0.15, 0.2) is 4.77 Å². The van der Waals surface area contributed by atoms with Gasteiger partial charge in [0.2, 0.25) is 0 Å². The van der Waals surface area contributed by atoms with Crippen molar-refractivity contribution in [1.29, 1.82) is 0 Å². The first-order chi connectivity index (χ1) is 8.21. The Kier molecular flexibility index (Phi) is 4.31. The molecule has 1 aliphatic carbocycles. The summed E-state index contributed by atoms with van der Waals surface area (Å²) in [6, 6.07) is 0. The fourth-order valence-corrected chi connectivity index (χ4v) is 3.83. The van der Waals surface area contributed by atoms with Crippen molar-refractivity contribution in [2.45, 2.75) is 56.7 Å². The molecule has 0 spiro atoms. The van der Waals surface area contributed by atoms with E-state index < -0.39 is 0 Å². The van der Waals surface area contributed by atoms with Crippen LogP contribution in [0.5, 0.6) is 0 Å². The second-order valence-electron chi connectivity index (χ2n) is 4.88. The Bertz CT molecular complexity index is 416. The van der Waals surface area contributed by atoms with Gasteiger partial charge < -0.3 is 4.57 Å². The van der Waals surface area contributed by atoms with E-state index in [2.05, 4.69) is 27.9 Å². The van der Waals surface area contributed by atoms with E-state index in [1.54, 1.807) is 0 Å². The number of nitrogens with one attached hydrogen (secondary N) is 1. The van der Waals surface area contributed by atoms with Gasteiger partial charge in [-0.05, 0) is 37.7 Å². The first kappa shape index (κ1) is 13.1. The maximum Gasteiger partial charge on any atom is 0.195 e. The highest BCUT2D eigenvalue weighted by Crippen LogP contribution is 2.41. The zero-order valence-corrected chi connectivity index (χ0v) is 12.3. The molecule has 1 aromatic rings. The van der Waals surface area contributed by atoms with Gasteiger partial charge in [0.1, 0.15) is 5.82 Å². The van der Waals surface area contributed by atoms with Crippen molar-refractivity contribution in [2.75, 3.05) is 6.26 Å². The van der Waals surface area contributed by atoms with Crippen molar-refractivity contribution in [3.05, 3.63) is 10.6 Å². The Morgan fingerprint density at radius 1 is 1.47 bits per heavy atom. The summed E-state index contributed by atoms with van der Waals surface area (Å²) in [6.45, 7) is 3.21. The topological polar surface area (TPSA) is 33.6 Å². The maximum atomic E-state index is 5.35. The van der Waals surface area contributed by atoms with Crippen LogP contribution in [0.2, 0.25) is 0 Å². The van der Waals surface area contributed by atoms with Crippen molar-refractivity contribution >= 4 is 24.0 Å². The summed E-state index contributed by atoms with van der Waals surface area (Å²) in [6.07, 6.45) is 9.70. The number of aromatic nitrogens is 3. The molecule has 5 heteroatoms.